The van der Waals surface area contributed by atoms with Crippen molar-refractivity contribution in [3.8, 4) is 39.3 Å². The minimum absolute atomic E-state index is 1.14. The number of allylic oxidation sites excluding steroid dienone is 1. The van der Waals surface area contributed by atoms with E-state index in [9.17, 15) is 0 Å². The van der Waals surface area contributed by atoms with E-state index in [-0.39, 0.29) is 0 Å². The molecule has 0 N–H and O–H groups in total. The average molecular weight is 766 g/mol. The molecule has 3 heterocycles. The van der Waals surface area contributed by atoms with Gasteiger partial charge in [-0.2, -0.15) is 0 Å². The Hall–Kier alpha value is -7.88. The fourth-order valence-corrected chi connectivity index (χ4v) is 9.65. The molecule has 0 aliphatic heterocycles. The van der Waals surface area contributed by atoms with Crippen LogP contribution >= 0.6 is 0 Å². The van der Waals surface area contributed by atoms with E-state index in [1.165, 1.54) is 93.2 Å². The molecule has 3 nitrogen and oxygen atoms in total. The van der Waals surface area contributed by atoms with Gasteiger partial charge in [-0.05, 0) is 120 Å². The van der Waals surface area contributed by atoms with Gasteiger partial charge in [0.1, 0.15) is 0 Å². The van der Waals surface area contributed by atoms with Crippen molar-refractivity contribution >= 4 is 71.5 Å². The summed E-state index contributed by atoms with van der Waals surface area (Å²) < 4.78 is 7.20. The zero-order valence-electron chi connectivity index (χ0n) is 33.1. The number of rotatable bonds is 6. The molecule has 0 unspecified atom stereocenters. The van der Waals surface area contributed by atoms with Crippen LogP contribution in [0.3, 0.4) is 0 Å². The molecule has 0 saturated carbocycles. The summed E-state index contributed by atoms with van der Waals surface area (Å²) in [6.07, 6.45) is 4.26. The molecule has 3 aromatic heterocycles. The lowest BCUT2D eigenvalue weighted by Gasteiger charge is -2.13. The van der Waals surface area contributed by atoms with E-state index in [1.54, 1.807) is 0 Å². The van der Waals surface area contributed by atoms with Crippen molar-refractivity contribution in [3.05, 3.63) is 218 Å². The molecule has 0 spiro atoms. The van der Waals surface area contributed by atoms with Crippen molar-refractivity contribution < 1.29 is 0 Å². The van der Waals surface area contributed by atoms with Crippen molar-refractivity contribution in [2.45, 2.75) is 6.92 Å². The highest BCUT2D eigenvalue weighted by molar-refractivity contribution is 6.12. The molecule has 60 heavy (non-hydrogen) atoms. The van der Waals surface area contributed by atoms with Crippen LogP contribution in [0.1, 0.15) is 12.5 Å². The van der Waals surface area contributed by atoms with E-state index in [0.29, 0.717) is 0 Å². The Morgan fingerprint density at radius 1 is 0.283 bits per heavy atom. The second-order valence-electron chi connectivity index (χ2n) is 15.7. The maximum Gasteiger partial charge on any atom is 0.0541 e. The predicted octanol–water partition coefficient (Wildman–Crippen LogP) is 15.3. The molecule has 0 amide bonds. The van der Waals surface area contributed by atoms with Crippen LogP contribution in [0.2, 0.25) is 0 Å². The van der Waals surface area contributed by atoms with Crippen molar-refractivity contribution in [3.63, 3.8) is 0 Å². The van der Waals surface area contributed by atoms with Gasteiger partial charge in [-0.15, -0.1) is 0 Å². The summed E-state index contributed by atoms with van der Waals surface area (Å²) in [4.78, 5) is 0. The minimum atomic E-state index is 1.14. The normalized spacial score (nSPS) is 12.0. The van der Waals surface area contributed by atoms with Gasteiger partial charge < -0.3 is 13.7 Å². The Morgan fingerprint density at radius 3 is 1.20 bits per heavy atom. The zero-order chi connectivity index (χ0) is 39.7. The molecular weight excluding hydrogens is 727 g/mol. The molecule has 282 valence electrons. The Labute approximate surface area is 347 Å². The molecule has 0 bridgehead atoms. The smallest absolute Gasteiger partial charge is 0.0541 e. The topological polar surface area (TPSA) is 14.8 Å². The van der Waals surface area contributed by atoms with Crippen LogP contribution in [0.4, 0.5) is 0 Å². The van der Waals surface area contributed by atoms with Crippen molar-refractivity contribution in [2.24, 2.45) is 0 Å². The third kappa shape index (κ3) is 5.30. The first-order valence-electron chi connectivity index (χ1n) is 20.7. The molecule has 12 aromatic rings. The molecule has 0 aliphatic carbocycles. The molecule has 0 radical (unpaired) electrons. The summed E-state index contributed by atoms with van der Waals surface area (Å²) in [5, 5.41) is 7.56. The molecule has 0 saturated heterocycles. The van der Waals surface area contributed by atoms with Gasteiger partial charge in [0.05, 0.1) is 33.1 Å². The van der Waals surface area contributed by atoms with Crippen molar-refractivity contribution in [1.29, 1.82) is 0 Å². The molecular formula is C57H39N3. The molecule has 0 atom stereocenters. The predicted molar refractivity (Wildman–Crippen MR) is 255 cm³/mol. The lowest BCUT2D eigenvalue weighted by atomic mass is 10.0. The van der Waals surface area contributed by atoms with Gasteiger partial charge in [0.15, 0.2) is 0 Å². The minimum Gasteiger partial charge on any atom is -0.309 e. The summed E-state index contributed by atoms with van der Waals surface area (Å²) >= 11 is 0. The number of nitrogens with zero attached hydrogens (tertiary/aromatic N) is 3. The maximum absolute atomic E-state index is 2.42. The van der Waals surface area contributed by atoms with Crippen LogP contribution in [0.15, 0.2) is 212 Å². The second-order valence-corrected chi connectivity index (χ2v) is 15.7. The SMILES string of the molecule is CC=Cc1ccc2c(c1)c1ccccc1n2-c1ccc(-c2ccc3c(c2)c2ccccc2n3-c2cccc(-c3cccc(-n4c5ccccc5c5ccccc54)c3)c2)cc1. The van der Waals surface area contributed by atoms with Crippen LogP contribution in [-0.4, -0.2) is 13.7 Å². The molecule has 12 rings (SSSR count). The van der Waals surface area contributed by atoms with E-state index >= 15 is 0 Å². The van der Waals surface area contributed by atoms with Crippen LogP contribution in [-0.2, 0) is 0 Å². The van der Waals surface area contributed by atoms with Crippen molar-refractivity contribution in [2.75, 3.05) is 0 Å². The zero-order valence-corrected chi connectivity index (χ0v) is 33.1. The number of benzene rings is 9. The first kappa shape index (κ1) is 34.2. The van der Waals surface area contributed by atoms with E-state index in [1.807, 2.05) is 0 Å². The number of fused-ring (bicyclic) bond motifs is 9. The van der Waals surface area contributed by atoms with Gasteiger partial charge in [0.25, 0.3) is 0 Å². The van der Waals surface area contributed by atoms with Gasteiger partial charge in [0.2, 0.25) is 0 Å². The Morgan fingerprint density at radius 2 is 0.683 bits per heavy atom. The van der Waals surface area contributed by atoms with Crippen molar-refractivity contribution in [1.82, 2.24) is 13.7 Å². The summed E-state index contributed by atoms with van der Waals surface area (Å²) in [5.74, 6) is 0. The largest absolute Gasteiger partial charge is 0.309 e. The van der Waals surface area contributed by atoms with Gasteiger partial charge in [0, 0.05) is 49.4 Å². The Balaban J connectivity index is 0.930. The second kappa shape index (κ2) is 13.6. The lowest BCUT2D eigenvalue weighted by Crippen LogP contribution is -1.96. The van der Waals surface area contributed by atoms with E-state index in [0.717, 1.165) is 17.1 Å². The van der Waals surface area contributed by atoms with Gasteiger partial charge in [-0.3, -0.25) is 0 Å². The van der Waals surface area contributed by atoms with E-state index in [4.69, 9.17) is 0 Å². The highest BCUT2D eigenvalue weighted by atomic mass is 15.0. The Bertz CT molecular complexity index is 3610. The summed E-state index contributed by atoms with van der Waals surface area (Å²) in [7, 11) is 0. The van der Waals surface area contributed by atoms with Crippen LogP contribution in [0, 0.1) is 0 Å². The number of hydrogen-bond donors (Lipinski definition) is 0. The fraction of sp³-hybridized carbons (Fsp3) is 0.0175. The van der Waals surface area contributed by atoms with Gasteiger partial charge in [-0.25, -0.2) is 0 Å². The highest BCUT2D eigenvalue weighted by Crippen LogP contribution is 2.38. The maximum atomic E-state index is 2.42. The third-order valence-corrected chi connectivity index (χ3v) is 12.3. The van der Waals surface area contributed by atoms with E-state index < -0.39 is 0 Å². The summed E-state index contributed by atoms with van der Waals surface area (Å²) in [6.45, 7) is 2.07. The van der Waals surface area contributed by atoms with Crippen LogP contribution in [0.5, 0.6) is 0 Å². The van der Waals surface area contributed by atoms with Gasteiger partial charge >= 0.3 is 0 Å². The lowest BCUT2D eigenvalue weighted by molar-refractivity contribution is 1.17. The number of para-hydroxylation sites is 4. The standard InChI is InChI=1S/C57H39N3/c1-2-13-38-26-32-56-50(34-38)48-20-5-9-24-54(48)58(56)43-30-27-39(28-31-43)42-29-33-57-51(37-42)49-21-6-10-25-55(49)60(57)45-17-12-15-41(36-45)40-14-11-16-44(35-40)59-52-22-7-3-18-46(52)47-19-4-8-23-53(47)59/h2-37H,1H3. The molecule has 9 aromatic carbocycles. The number of aromatic nitrogens is 3. The first-order valence-corrected chi connectivity index (χ1v) is 20.7. The molecule has 0 aliphatic rings. The fourth-order valence-electron chi connectivity index (χ4n) is 9.65. The highest BCUT2D eigenvalue weighted by Gasteiger charge is 2.17. The monoisotopic (exact) mass is 765 g/mol. The van der Waals surface area contributed by atoms with Crippen LogP contribution in [0.25, 0.3) is 111 Å². The van der Waals surface area contributed by atoms with Gasteiger partial charge in [-0.1, -0.05) is 133 Å². The first-order chi connectivity index (χ1) is 29.7. The molecule has 3 heteroatoms. The Kier molecular flexibility index (Phi) is 7.76. The van der Waals surface area contributed by atoms with E-state index in [2.05, 4.69) is 239 Å². The number of hydrogen-bond acceptors (Lipinski definition) is 0. The molecule has 0 fully saturated rings. The quantitative estimate of drug-likeness (QED) is 0.160. The van der Waals surface area contributed by atoms with Crippen LogP contribution < -0.4 is 0 Å². The summed E-state index contributed by atoms with van der Waals surface area (Å²) in [6, 6.07) is 75.6. The average Bonchev–Trinajstić information content (AvgIpc) is 3.95. The summed E-state index contributed by atoms with van der Waals surface area (Å²) in [5.41, 5.74) is 16.7. The third-order valence-electron chi connectivity index (χ3n) is 12.3.